The third-order valence-corrected chi connectivity index (χ3v) is 2.19. The molecule has 78 valence electrons. The number of nitrogens with zero attached hydrogens (tertiary/aromatic N) is 1. The topological polar surface area (TPSA) is 64.2 Å². The number of aromatic nitrogens is 2. The maximum absolute atomic E-state index is 11.6. The summed E-state index contributed by atoms with van der Waals surface area (Å²) in [4.78, 5) is 11.6. The van der Waals surface area contributed by atoms with Gasteiger partial charge in [0.25, 0.3) is 0 Å². The zero-order valence-electron chi connectivity index (χ0n) is 8.40. The second kappa shape index (κ2) is 3.61. The molecule has 0 aliphatic rings. The van der Waals surface area contributed by atoms with E-state index >= 15 is 0 Å². The van der Waals surface area contributed by atoms with Crippen LogP contribution in [0.1, 0.15) is 10.4 Å². The van der Waals surface area contributed by atoms with E-state index in [1.807, 2.05) is 6.07 Å². The second-order valence-electron chi connectivity index (χ2n) is 2.97. The van der Waals surface area contributed by atoms with E-state index in [1.54, 1.807) is 12.3 Å². The number of fused-ring (bicyclic) bond motifs is 1. The second-order valence-corrected chi connectivity index (χ2v) is 2.97. The monoisotopic (exact) mass is 206 g/mol. The molecule has 0 bridgehead atoms. The highest BCUT2D eigenvalue weighted by atomic mass is 16.5. The first-order chi connectivity index (χ1) is 7.27. The van der Waals surface area contributed by atoms with E-state index in [4.69, 9.17) is 4.74 Å². The van der Waals surface area contributed by atoms with Gasteiger partial charge < -0.3 is 9.47 Å². The summed E-state index contributed by atoms with van der Waals surface area (Å²) in [5.41, 5.74) is 0.996. The summed E-state index contributed by atoms with van der Waals surface area (Å²) in [6.45, 7) is 0. The van der Waals surface area contributed by atoms with Crippen molar-refractivity contribution in [2.24, 2.45) is 0 Å². The standard InChI is InChI=1S/C10H10N2O3/c1-14-7-4-3-6-5-11-12-9(6)8(7)10(13)15-2/h3-5H,1-2H3,(H,11,12). The Morgan fingerprint density at radius 1 is 1.40 bits per heavy atom. The molecule has 0 fully saturated rings. The van der Waals surface area contributed by atoms with Crippen LogP contribution in [0.4, 0.5) is 0 Å². The highest BCUT2D eigenvalue weighted by Crippen LogP contribution is 2.26. The number of rotatable bonds is 2. The molecule has 5 heteroatoms. The Balaban J connectivity index is 2.74. The Hall–Kier alpha value is -2.04. The number of H-pyrrole nitrogens is 1. The van der Waals surface area contributed by atoms with Crippen molar-refractivity contribution in [3.63, 3.8) is 0 Å². The quantitative estimate of drug-likeness (QED) is 0.753. The van der Waals surface area contributed by atoms with Gasteiger partial charge in [-0.25, -0.2) is 4.79 Å². The smallest absolute Gasteiger partial charge is 0.343 e. The summed E-state index contributed by atoms with van der Waals surface area (Å²) in [5.74, 6) is 0.0281. The van der Waals surface area contributed by atoms with Gasteiger partial charge in [-0.2, -0.15) is 5.10 Å². The molecule has 1 N–H and O–H groups in total. The van der Waals surface area contributed by atoms with Crippen LogP contribution in [0.5, 0.6) is 5.75 Å². The first-order valence-electron chi connectivity index (χ1n) is 4.36. The van der Waals surface area contributed by atoms with E-state index in [0.717, 1.165) is 5.39 Å². The van der Waals surface area contributed by atoms with E-state index in [9.17, 15) is 4.79 Å². The van der Waals surface area contributed by atoms with Gasteiger partial charge in [0.05, 0.1) is 25.9 Å². The molecule has 1 aromatic heterocycles. The molecule has 0 unspecified atom stereocenters. The third-order valence-electron chi connectivity index (χ3n) is 2.19. The van der Waals surface area contributed by atoms with Crippen LogP contribution in [0.25, 0.3) is 10.9 Å². The average molecular weight is 206 g/mol. The molecule has 0 aliphatic carbocycles. The van der Waals surface area contributed by atoms with Crippen molar-refractivity contribution in [2.75, 3.05) is 14.2 Å². The van der Waals surface area contributed by atoms with Crippen LogP contribution in [0.2, 0.25) is 0 Å². The molecule has 0 saturated heterocycles. The predicted molar refractivity (Wildman–Crippen MR) is 54.0 cm³/mol. The van der Waals surface area contributed by atoms with Gasteiger partial charge in [-0.15, -0.1) is 0 Å². The first kappa shape index (κ1) is 9.51. The maximum Gasteiger partial charge on any atom is 0.343 e. The van der Waals surface area contributed by atoms with Crippen molar-refractivity contribution in [2.45, 2.75) is 0 Å². The minimum Gasteiger partial charge on any atom is -0.496 e. The van der Waals surface area contributed by atoms with Crippen molar-refractivity contribution in [1.29, 1.82) is 0 Å². The number of ether oxygens (including phenoxy) is 2. The van der Waals surface area contributed by atoms with Gasteiger partial charge >= 0.3 is 5.97 Å². The van der Waals surface area contributed by atoms with E-state index < -0.39 is 5.97 Å². The molecule has 15 heavy (non-hydrogen) atoms. The number of methoxy groups -OCH3 is 2. The van der Waals surface area contributed by atoms with Crippen molar-refractivity contribution in [3.8, 4) is 5.75 Å². The third kappa shape index (κ3) is 1.41. The zero-order valence-corrected chi connectivity index (χ0v) is 8.40. The number of hydrogen-bond acceptors (Lipinski definition) is 4. The molecular formula is C10H10N2O3. The largest absolute Gasteiger partial charge is 0.496 e. The van der Waals surface area contributed by atoms with Crippen LogP contribution in [-0.2, 0) is 4.74 Å². The molecule has 0 atom stereocenters. The summed E-state index contributed by atoms with van der Waals surface area (Å²) >= 11 is 0. The summed E-state index contributed by atoms with van der Waals surface area (Å²) < 4.78 is 9.79. The molecule has 0 amide bonds. The Morgan fingerprint density at radius 3 is 2.87 bits per heavy atom. The normalized spacial score (nSPS) is 10.3. The van der Waals surface area contributed by atoms with Crippen molar-refractivity contribution in [3.05, 3.63) is 23.9 Å². The number of carbonyl (C=O) groups is 1. The molecular weight excluding hydrogens is 196 g/mol. The molecule has 0 radical (unpaired) electrons. The van der Waals surface area contributed by atoms with Gasteiger partial charge in [0.2, 0.25) is 0 Å². The minimum atomic E-state index is -0.443. The molecule has 1 heterocycles. The number of hydrogen-bond donors (Lipinski definition) is 1. The van der Waals surface area contributed by atoms with Crippen molar-refractivity contribution >= 4 is 16.9 Å². The lowest BCUT2D eigenvalue weighted by molar-refractivity contribution is 0.0599. The first-order valence-corrected chi connectivity index (χ1v) is 4.36. The summed E-state index contributed by atoms with van der Waals surface area (Å²) in [7, 11) is 2.83. The van der Waals surface area contributed by atoms with E-state index in [2.05, 4.69) is 14.9 Å². The number of benzene rings is 1. The van der Waals surface area contributed by atoms with Crippen molar-refractivity contribution in [1.82, 2.24) is 10.2 Å². The summed E-state index contributed by atoms with van der Waals surface area (Å²) in [6, 6.07) is 3.54. The Kier molecular flexibility index (Phi) is 2.29. The van der Waals surface area contributed by atoms with Crippen LogP contribution in [-0.4, -0.2) is 30.4 Å². The SMILES string of the molecule is COC(=O)c1c(OC)ccc2cn[nH]c12. The summed E-state index contributed by atoms with van der Waals surface area (Å²) in [5, 5.41) is 7.46. The fraction of sp³-hybridized carbons (Fsp3) is 0.200. The van der Waals surface area contributed by atoms with Crippen LogP contribution < -0.4 is 4.74 Å². The molecule has 0 saturated carbocycles. The minimum absolute atomic E-state index is 0.370. The lowest BCUT2D eigenvalue weighted by Gasteiger charge is -2.06. The van der Waals surface area contributed by atoms with Crippen LogP contribution in [0.3, 0.4) is 0 Å². The van der Waals surface area contributed by atoms with Gasteiger partial charge in [0, 0.05) is 5.39 Å². The number of carbonyl (C=O) groups excluding carboxylic acids is 1. The molecule has 1 aromatic carbocycles. The molecule has 2 aromatic rings. The van der Waals surface area contributed by atoms with E-state index in [-0.39, 0.29) is 0 Å². The van der Waals surface area contributed by atoms with Gasteiger partial charge in [-0.3, -0.25) is 5.10 Å². The Morgan fingerprint density at radius 2 is 2.20 bits per heavy atom. The van der Waals surface area contributed by atoms with Gasteiger partial charge in [-0.05, 0) is 12.1 Å². The molecule has 5 nitrogen and oxygen atoms in total. The fourth-order valence-electron chi connectivity index (χ4n) is 1.47. The number of esters is 1. The van der Waals surface area contributed by atoms with Gasteiger partial charge in [0.15, 0.2) is 0 Å². The van der Waals surface area contributed by atoms with Crippen LogP contribution in [0, 0.1) is 0 Å². The average Bonchev–Trinajstić information content (AvgIpc) is 2.74. The van der Waals surface area contributed by atoms with E-state index in [0.29, 0.717) is 16.8 Å². The summed E-state index contributed by atoms with van der Waals surface area (Å²) in [6.07, 6.45) is 1.64. The molecule has 0 spiro atoms. The van der Waals surface area contributed by atoms with Gasteiger partial charge in [-0.1, -0.05) is 0 Å². The number of nitrogens with one attached hydrogen (secondary N) is 1. The lowest BCUT2D eigenvalue weighted by Crippen LogP contribution is -2.05. The molecule has 2 rings (SSSR count). The Labute approximate surface area is 86.0 Å². The highest BCUT2D eigenvalue weighted by molar-refractivity contribution is 6.05. The fourth-order valence-corrected chi connectivity index (χ4v) is 1.47. The maximum atomic E-state index is 11.6. The van der Waals surface area contributed by atoms with Crippen molar-refractivity contribution < 1.29 is 14.3 Å². The predicted octanol–water partition coefficient (Wildman–Crippen LogP) is 1.36. The number of aromatic amines is 1. The van der Waals surface area contributed by atoms with Gasteiger partial charge in [0.1, 0.15) is 11.3 Å². The molecule has 0 aliphatic heterocycles. The zero-order chi connectivity index (χ0) is 10.8. The van der Waals surface area contributed by atoms with E-state index in [1.165, 1.54) is 14.2 Å². The Bertz CT molecular complexity index is 504. The van der Waals surface area contributed by atoms with Crippen LogP contribution in [0.15, 0.2) is 18.3 Å². The lowest BCUT2D eigenvalue weighted by atomic mass is 10.1. The highest BCUT2D eigenvalue weighted by Gasteiger charge is 2.17. The van der Waals surface area contributed by atoms with Crippen LogP contribution >= 0.6 is 0 Å².